The van der Waals surface area contributed by atoms with Gasteiger partial charge in [-0.15, -0.1) is 0 Å². The van der Waals surface area contributed by atoms with E-state index in [-0.39, 0.29) is 5.78 Å². The number of benzene rings is 1. The minimum absolute atomic E-state index is 0.316. The summed E-state index contributed by atoms with van der Waals surface area (Å²) in [7, 11) is 0. The highest BCUT2D eigenvalue weighted by Crippen LogP contribution is 2.15. The van der Waals surface area contributed by atoms with Gasteiger partial charge in [0, 0.05) is 5.56 Å². The summed E-state index contributed by atoms with van der Waals surface area (Å²) in [4.78, 5) is 22.2. The van der Waals surface area contributed by atoms with Gasteiger partial charge in [-0.05, 0) is 17.9 Å². The van der Waals surface area contributed by atoms with Gasteiger partial charge in [-0.25, -0.2) is 0 Å². The SMILES string of the molecule is CC(C)Cc1ccccc1C(=O)CC(=O)O. The molecule has 0 aliphatic carbocycles. The van der Waals surface area contributed by atoms with Crippen molar-refractivity contribution in [2.24, 2.45) is 5.92 Å². The van der Waals surface area contributed by atoms with Gasteiger partial charge < -0.3 is 5.11 Å². The average molecular weight is 220 g/mol. The third-order valence-corrected chi connectivity index (χ3v) is 2.26. The van der Waals surface area contributed by atoms with Crippen LogP contribution in [0.5, 0.6) is 0 Å². The molecule has 16 heavy (non-hydrogen) atoms. The maximum Gasteiger partial charge on any atom is 0.311 e. The van der Waals surface area contributed by atoms with Gasteiger partial charge in [-0.2, -0.15) is 0 Å². The molecular weight excluding hydrogens is 204 g/mol. The Balaban J connectivity index is 2.94. The molecule has 0 aliphatic heterocycles. The van der Waals surface area contributed by atoms with Crippen LogP contribution in [0.4, 0.5) is 0 Å². The van der Waals surface area contributed by atoms with Crippen molar-refractivity contribution < 1.29 is 14.7 Å². The van der Waals surface area contributed by atoms with Crippen molar-refractivity contribution in [2.45, 2.75) is 26.7 Å². The van der Waals surface area contributed by atoms with Crippen LogP contribution in [0.15, 0.2) is 24.3 Å². The molecule has 0 unspecified atom stereocenters. The molecule has 0 heterocycles. The summed E-state index contributed by atoms with van der Waals surface area (Å²) in [6.07, 6.45) is 0.358. The molecule has 0 fully saturated rings. The van der Waals surface area contributed by atoms with Gasteiger partial charge in [0.05, 0.1) is 0 Å². The van der Waals surface area contributed by atoms with Crippen molar-refractivity contribution in [1.29, 1.82) is 0 Å². The second kappa shape index (κ2) is 5.45. The quantitative estimate of drug-likeness (QED) is 0.612. The second-order valence-electron chi connectivity index (χ2n) is 4.25. The van der Waals surface area contributed by atoms with Crippen LogP contribution in [0.2, 0.25) is 0 Å². The van der Waals surface area contributed by atoms with Gasteiger partial charge in [0.25, 0.3) is 0 Å². The molecule has 0 amide bonds. The largest absolute Gasteiger partial charge is 0.481 e. The average Bonchev–Trinajstić information content (AvgIpc) is 2.16. The second-order valence-corrected chi connectivity index (χ2v) is 4.25. The van der Waals surface area contributed by atoms with E-state index in [1.165, 1.54) is 0 Å². The summed E-state index contributed by atoms with van der Waals surface area (Å²) in [5, 5.41) is 8.60. The first-order valence-electron chi connectivity index (χ1n) is 5.33. The van der Waals surface area contributed by atoms with Crippen LogP contribution in [0, 0.1) is 5.92 Å². The van der Waals surface area contributed by atoms with Crippen molar-refractivity contribution in [3.63, 3.8) is 0 Å². The lowest BCUT2D eigenvalue weighted by Crippen LogP contribution is -2.10. The van der Waals surface area contributed by atoms with Crippen LogP contribution in [0.1, 0.15) is 36.2 Å². The van der Waals surface area contributed by atoms with Crippen molar-refractivity contribution in [3.8, 4) is 0 Å². The van der Waals surface area contributed by atoms with E-state index in [4.69, 9.17) is 5.11 Å². The Labute approximate surface area is 95.1 Å². The van der Waals surface area contributed by atoms with E-state index in [0.717, 1.165) is 12.0 Å². The Hall–Kier alpha value is -1.64. The summed E-state index contributed by atoms with van der Waals surface area (Å²) >= 11 is 0. The van der Waals surface area contributed by atoms with Crippen molar-refractivity contribution in [2.75, 3.05) is 0 Å². The molecule has 3 heteroatoms. The highest BCUT2D eigenvalue weighted by Gasteiger charge is 2.14. The van der Waals surface area contributed by atoms with Crippen LogP contribution in [-0.2, 0) is 11.2 Å². The van der Waals surface area contributed by atoms with Crippen LogP contribution in [0.25, 0.3) is 0 Å². The number of hydrogen-bond donors (Lipinski definition) is 1. The van der Waals surface area contributed by atoms with Gasteiger partial charge in [0.1, 0.15) is 6.42 Å². The first-order valence-corrected chi connectivity index (χ1v) is 5.33. The fraction of sp³-hybridized carbons (Fsp3) is 0.385. The number of rotatable bonds is 5. The van der Waals surface area contributed by atoms with Crippen LogP contribution < -0.4 is 0 Å². The van der Waals surface area contributed by atoms with Gasteiger partial charge in [-0.1, -0.05) is 38.1 Å². The number of carboxylic acids is 1. The number of Topliss-reactive ketones (excluding diaryl/α,β-unsaturated/α-hetero) is 1. The van der Waals surface area contributed by atoms with E-state index in [9.17, 15) is 9.59 Å². The smallest absolute Gasteiger partial charge is 0.311 e. The zero-order valence-electron chi connectivity index (χ0n) is 9.56. The van der Waals surface area contributed by atoms with Crippen molar-refractivity contribution in [3.05, 3.63) is 35.4 Å². The Morgan fingerprint density at radius 3 is 2.44 bits per heavy atom. The third-order valence-electron chi connectivity index (χ3n) is 2.26. The Bertz CT molecular complexity index is 394. The van der Waals surface area contributed by atoms with Crippen LogP contribution in [0.3, 0.4) is 0 Å². The molecule has 0 saturated heterocycles. The predicted molar refractivity (Wildman–Crippen MR) is 61.6 cm³/mol. The minimum Gasteiger partial charge on any atom is -0.481 e. The monoisotopic (exact) mass is 220 g/mol. The number of hydrogen-bond acceptors (Lipinski definition) is 2. The Kier molecular flexibility index (Phi) is 4.23. The summed E-state index contributed by atoms with van der Waals surface area (Å²) in [5.74, 6) is -0.952. The van der Waals surface area contributed by atoms with Gasteiger partial charge >= 0.3 is 5.97 Å². The molecule has 0 radical (unpaired) electrons. The molecule has 1 rings (SSSR count). The van der Waals surface area contributed by atoms with Gasteiger partial charge in [0.2, 0.25) is 0 Å². The minimum atomic E-state index is -1.08. The maximum atomic E-state index is 11.7. The number of ketones is 1. The zero-order chi connectivity index (χ0) is 12.1. The van der Waals surface area contributed by atoms with Crippen LogP contribution >= 0.6 is 0 Å². The molecule has 0 saturated carbocycles. The molecule has 0 atom stereocenters. The topological polar surface area (TPSA) is 54.4 Å². The van der Waals surface area contributed by atoms with Gasteiger partial charge in [0.15, 0.2) is 5.78 Å². The number of carbonyl (C=O) groups excluding carboxylic acids is 1. The molecule has 86 valence electrons. The lowest BCUT2D eigenvalue weighted by atomic mass is 9.95. The predicted octanol–water partition coefficient (Wildman–Crippen LogP) is 2.54. The first kappa shape index (κ1) is 12.4. The lowest BCUT2D eigenvalue weighted by Gasteiger charge is -2.09. The fourth-order valence-electron chi connectivity index (χ4n) is 1.64. The lowest BCUT2D eigenvalue weighted by molar-refractivity contribution is -0.135. The summed E-state index contributed by atoms with van der Waals surface area (Å²) in [6.45, 7) is 4.14. The molecule has 1 aromatic rings. The summed E-state index contributed by atoms with van der Waals surface area (Å²) < 4.78 is 0. The molecule has 0 aromatic heterocycles. The van der Waals surface area contributed by atoms with E-state index in [1.54, 1.807) is 12.1 Å². The highest BCUT2D eigenvalue weighted by atomic mass is 16.4. The molecule has 0 bridgehead atoms. The Morgan fingerprint density at radius 1 is 1.25 bits per heavy atom. The van der Waals surface area contributed by atoms with E-state index in [0.29, 0.717) is 11.5 Å². The molecule has 1 N–H and O–H groups in total. The number of aliphatic carboxylic acids is 1. The number of carbonyl (C=O) groups is 2. The summed E-state index contributed by atoms with van der Waals surface area (Å²) in [6, 6.07) is 7.21. The molecule has 0 aliphatic rings. The third kappa shape index (κ3) is 3.50. The van der Waals surface area contributed by atoms with Gasteiger partial charge in [-0.3, -0.25) is 9.59 Å². The molecule has 1 aromatic carbocycles. The van der Waals surface area contributed by atoms with Crippen molar-refractivity contribution >= 4 is 11.8 Å². The molecule has 0 spiro atoms. The molecular formula is C13H16O3. The first-order chi connectivity index (χ1) is 7.50. The number of carboxylic acid groups (broad SMARTS) is 1. The fourth-order valence-corrected chi connectivity index (χ4v) is 1.64. The van der Waals surface area contributed by atoms with E-state index in [2.05, 4.69) is 13.8 Å². The standard InChI is InChI=1S/C13H16O3/c1-9(2)7-10-5-3-4-6-11(10)12(14)8-13(15)16/h3-6,9H,7-8H2,1-2H3,(H,15,16). The maximum absolute atomic E-state index is 11.7. The Morgan fingerprint density at radius 2 is 1.88 bits per heavy atom. The van der Waals surface area contributed by atoms with E-state index >= 15 is 0 Å². The zero-order valence-corrected chi connectivity index (χ0v) is 9.56. The molecule has 3 nitrogen and oxygen atoms in total. The van der Waals surface area contributed by atoms with E-state index < -0.39 is 12.4 Å². The van der Waals surface area contributed by atoms with Crippen molar-refractivity contribution in [1.82, 2.24) is 0 Å². The van der Waals surface area contributed by atoms with Crippen LogP contribution in [-0.4, -0.2) is 16.9 Å². The normalized spacial score (nSPS) is 10.4. The van der Waals surface area contributed by atoms with E-state index in [1.807, 2.05) is 12.1 Å². The highest BCUT2D eigenvalue weighted by molar-refractivity contribution is 6.06. The summed E-state index contributed by atoms with van der Waals surface area (Å²) in [5.41, 5.74) is 1.47.